The van der Waals surface area contributed by atoms with E-state index in [2.05, 4.69) is 72.6 Å². The molecule has 2 aromatic heterocycles. The first kappa shape index (κ1) is 23.1. The summed E-state index contributed by atoms with van der Waals surface area (Å²) in [6.07, 6.45) is 1.82. The van der Waals surface area contributed by atoms with Gasteiger partial charge in [0.2, 0.25) is 0 Å². The zero-order valence-electron chi connectivity index (χ0n) is 20.7. The van der Waals surface area contributed by atoms with Gasteiger partial charge in [-0.15, -0.1) is 0 Å². The van der Waals surface area contributed by atoms with Crippen LogP contribution < -0.4 is 10.2 Å². The molecular formula is C29H30N4OS. The van der Waals surface area contributed by atoms with E-state index in [1.165, 1.54) is 39.3 Å². The molecule has 0 bridgehead atoms. The standard InChI is InChI=1S/C29H30N4OS/c1-17-14-18(2)27(19(3)15-17)32-20(4)16-24(21(32)5)28-26(25-8-6-7-13-30-25)31-29(35)33(28)22-9-11-23(34)12-10-22/h6-16,26,28,34H,1-5H3,(H,31,35)/t26-,28+/m0/s1. The van der Waals surface area contributed by atoms with Crippen LogP contribution in [0.5, 0.6) is 5.75 Å². The van der Waals surface area contributed by atoms with Gasteiger partial charge < -0.3 is 19.9 Å². The third-order valence-electron chi connectivity index (χ3n) is 6.87. The number of hydrogen-bond acceptors (Lipinski definition) is 3. The van der Waals surface area contributed by atoms with Gasteiger partial charge in [-0.25, -0.2) is 0 Å². The number of aromatic nitrogens is 2. The Kier molecular flexibility index (Phi) is 5.85. The fourth-order valence-electron chi connectivity index (χ4n) is 5.52. The normalized spacial score (nSPS) is 17.6. The Hall–Kier alpha value is -3.64. The second-order valence-corrected chi connectivity index (χ2v) is 9.81. The lowest BCUT2D eigenvalue weighted by molar-refractivity contribution is 0.475. The van der Waals surface area contributed by atoms with Crippen molar-refractivity contribution in [3.8, 4) is 11.4 Å². The van der Waals surface area contributed by atoms with Gasteiger partial charge in [0.1, 0.15) is 5.75 Å². The molecule has 2 aromatic carbocycles. The SMILES string of the molecule is Cc1cc(C)c(-n2c(C)cc([C@@H]3[C@H](c4ccccn4)NC(=S)N3c3ccc(O)cc3)c2C)c(C)c1. The van der Waals surface area contributed by atoms with Crippen LogP contribution in [-0.4, -0.2) is 19.8 Å². The van der Waals surface area contributed by atoms with Crippen molar-refractivity contribution in [2.75, 3.05) is 4.90 Å². The highest BCUT2D eigenvalue weighted by Gasteiger charge is 2.42. The van der Waals surface area contributed by atoms with E-state index in [0.29, 0.717) is 5.11 Å². The smallest absolute Gasteiger partial charge is 0.174 e. The second kappa shape index (κ2) is 8.86. The van der Waals surface area contributed by atoms with Crippen LogP contribution in [-0.2, 0) is 0 Å². The van der Waals surface area contributed by atoms with Gasteiger partial charge >= 0.3 is 0 Å². The third kappa shape index (κ3) is 3.98. The number of aromatic hydroxyl groups is 1. The molecule has 2 atom stereocenters. The van der Waals surface area contributed by atoms with Crippen LogP contribution in [0.25, 0.3) is 5.69 Å². The first-order valence-corrected chi connectivity index (χ1v) is 12.2. The minimum Gasteiger partial charge on any atom is -0.508 e. The van der Waals surface area contributed by atoms with Crippen LogP contribution in [0.1, 0.15) is 51.4 Å². The molecule has 0 saturated carbocycles. The predicted molar refractivity (Wildman–Crippen MR) is 145 cm³/mol. The van der Waals surface area contributed by atoms with E-state index in [1.807, 2.05) is 36.5 Å². The van der Waals surface area contributed by atoms with Crippen molar-refractivity contribution in [1.29, 1.82) is 0 Å². The molecular weight excluding hydrogens is 452 g/mol. The monoisotopic (exact) mass is 482 g/mol. The summed E-state index contributed by atoms with van der Waals surface area (Å²) in [6.45, 7) is 10.9. The lowest BCUT2D eigenvalue weighted by Gasteiger charge is -2.28. The van der Waals surface area contributed by atoms with Crippen molar-refractivity contribution < 1.29 is 5.11 Å². The van der Waals surface area contributed by atoms with Crippen LogP contribution in [0.4, 0.5) is 5.69 Å². The number of thiocarbonyl (C=S) groups is 1. The fourth-order valence-corrected chi connectivity index (χ4v) is 5.86. The highest BCUT2D eigenvalue weighted by Crippen LogP contribution is 2.44. The Morgan fingerprint density at radius 2 is 1.60 bits per heavy atom. The number of phenols is 1. The van der Waals surface area contributed by atoms with Gasteiger partial charge in [0, 0.05) is 23.3 Å². The maximum Gasteiger partial charge on any atom is 0.174 e. The molecule has 6 heteroatoms. The number of aryl methyl sites for hydroxylation is 4. The second-order valence-electron chi connectivity index (χ2n) is 9.42. The van der Waals surface area contributed by atoms with Crippen molar-refractivity contribution >= 4 is 23.0 Å². The number of pyridine rings is 1. The van der Waals surface area contributed by atoms with Crippen LogP contribution in [0.15, 0.2) is 66.9 Å². The summed E-state index contributed by atoms with van der Waals surface area (Å²) in [7, 11) is 0. The molecule has 3 heterocycles. The predicted octanol–water partition coefficient (Wildman–Crippen LogP) is 6.30. The Morgan fingerprint density at radius 3 is 2.23 bits per heavy atom. The largest absolute Gasteiger partial charge is 0.508 e. The summed E-state index contributed by atoms with van der Waals surface area (Å²) in [6, 6.07) is 19.7. The molecule has 5 nitrogen and oxygen atoms in total. The average molecular weight is 483 g/mol. The molecule has 35 heavy (non-hydrogen) atoms. The van der Waals surface area contributed by atoms with Crippen LogP contribution in [0.2, 0.25) is 0 Å². The van der Waals surface area contributed by atoms with Crippen molar-refractivity contribution in [3.05, 3.63) is 106 Å². The van der Waals surface area contributed by atoms with E-state index >= 15 is 0 Å². The Balaban J connectivity index is 1.71. The Morgan fingerprint density at radius 1 is 0.914 bits per heavy atom. The summed E-state index contributed by atoms with van der Waals surface area (Å²) in [5.74, 6) is 0.230. The van der Waals surface area contributed by atoms with Gasteiger partial charge in [-0.2, -0.15) is 0 Å². The van der Waals surface area contributed by atoms with E-state index in [1.54, 1.807) is 12.1 Å². The molecule has 5 rings (SSSR count). The summed E-state index contributed by atoms with van der Waals surface area (Å²) in [4.78, 5) is 6.82. The summed E-state index contributed by atoms with van der Waals surface area (Å²) in [5.41, 5.74) is 10.4. The summed E-state index contributed by atoms with van der Waals surface area (Å²) in [5, 5.41) is 14.1. The highest BCUT2D eigenvalue weighted by molar-refractivity contribution is 7.80. The number of benzene rings is 2. The lowest BCUT2D eigenvalue weighted by Crippen LogP contribution is -2.29. The average Bonchev–Trinajstić information content (AvgIpc) is 3.30. The quantitative estimate of drug-likeness (QED) is 0.335. The van der Waals surface area contributed by atoms with Crippen LogP contribution >= 0.6 is 12.2 Å². The number of anilines is 1. The van der Waals surface area contributed by atoms with Crippen molar-refractivity contribution in [2.24, 2.45) is 0 Å². The van der Waals surface area contributed by atoms with E-state index in [0.717, 1.165) is 11.4 Å². The van der Waals surface area contributed by atoms with Gasteiger partial charge in [-0.1, -0.05) is 23.8 Å². The van der Waals surface area contributed by atoms with E-state index < -0.39 is 0 Å². The van der Waals surface area contributed by atoms with Gasteiger partial charge in [0.15, 0.2) is 5.11 Å². The molecule has 1 fully saturated rings. The molecule has 0 spiro atoms. The van der Waals surface area contributed by atoms with Crippen LogP contribution in [0, 0.1) is 34.6 Å². The summed E-state index contributed by atoms with van der Waals surface area (Å²) >= 11 is 5.86. The minimum absolute atomic E-state index is 0.104. The fraction of sp³-hybridized carbons (Fsp3) is 0.241. The van der Waals surface area contributed by atoms with Gasteiger partial charge in [0.05, 0.1) is 23.5 Å². The maximum atomic E-state index is 9.88. The molecule has 4 aromatic rings. The lowest BCUT2D eigenvalue weighted by atomic mass is 9.96. The molecule has 0 radical (unpaired) electrons. The van der Waals surface area contributed by atoms with Gasteiger partial charge in [-0.3, -0.25) is 4.98 Å². The first-order valence-electron chi connectivity index (χ1n) is 11.8. The van der Waals surface area contributed by atoms with E-state index in [4.69, 9.17) is 12.2 Å². The molecule has 1 saturated heterocycles. The Bertz CT molecular complexity index is 1390. The molecule has 0 amide bonds. The molecule has 1 aliphatic heterocycles. The molecule has 0 unspecified atom stereocenters. The first-order chi connectivity index (χ1) is 16.8. The minimum atomic E-state index is -0.119. The number of hydrogen-bond donors (Lipinski definition) is 2. The number of rotatable bonds is 4. The van der Waals surface area contributed by atoms with Crippen molar-refractivity contribution in [2.45, 2.75) is 46.7 Å². The third-order valence-corrected chi connectivity index (χ3v) is 7.19. The van der Waals surface area contributed by atoms with E-state index in [9.17, 15) is 5.11 Å². The molecule has 0 aliphatic carbocycles. The van der Waals surface area contributed by atoms with Gasteiger partial charge in [0.25, 0.3) is 0 Å². The van der Waals surface area contributed by atoms with Crippen molar-refractivity contribution in [3.63, 3.8) is 0 Å². The zero-order valence-corrected chi connectivity index (χ0v) is 21.5. The van der Waals surface area contributed by atoms with E-state index in [-0.39, 0.29) is 17.8 Å². The van der Waals surface area contributed by atoms with Crippen LogP contribution in [0.3, 0.4) is 0 Å². The highest BCUT2D eigenvalue weighted by atomic mass is 32.1. The molecule has 178 valence electrons. The Labute approximate surface area is 212 Å². The summed E-state index contributed by atoms with van der Waals surface area (Å²) < 4.78 is 2.37. The van der Waals surface area contributed by atoms with Gasteiger partial charge in [-0.05, 0) is 106 Å². The van der Waals surface area contributed by atoms with Crippen molar-refractivity contribution in [1.82, 2.24) is 14.9 Å². The molecule has 2 N–H and O–H groups in total. The zero-order chi connectivity index (χ0) is 24.9. The number of nitrogens with one attached hydrogen (secondary N) is 1. The topological polar surface area (TPSA) is 53.3 Å². The molecule has 1 aliphatic rings. The number of nitrogens with zero attached hydrogens (tertiary/aromatic N) is 3. The maximum absolute atomic E-state index is 9.88. The number of phenolic OH excluding ortho intramolecular Hbond substituents is 1.